The minimum absolute atomic E-state index is 0.119. The van der Waals surface area contributed by atoms with Crippen molar-refractivity contribution in [2.45, 2.75) is 19.8 Å². The van der Waals surface area contributed by atoms with Crippen molar-refractivity contribution >= 4 is 11.9 Å². The molecule has 0 saturated heterocycles. The Morgan fingerprint density at radius 1 is 1.38 bits per heavy atom. The van der Waals surface area contributed by atoms with E-state index in [0.29, 0.717) is 6.42 Å². The van der Waals surface area contributed by atoms with Crippen LogP contribution in [-0.2, 0) is 14.3 Å². The van der Waals surface area contributed by atoms with Crippen molar-refractivity contribution in [2.24, 2.45) is 17.8 Å². The van der Waals surface area contributed by atoms with E-state index >= 15 is 0 Å². The van der Waals surface area contributed by atoms with Crippen LogP contribution in [0.2, 0.25) is 0 Å². The van der Waals surface area contributed by atoms with Gasteiger partial charge in [0.1, 0.15) is 0 Å². The van der Waals surface area contributed by atoms with Gasteiger partial charge in [0.05, 0.1) is 18.9 Å². The number of aliphatic carboxylic acids is 1. The third-order valence-corrected chi connectivity index (χ3v) is 2.77. The van der Waals surface area contributed by atoms with Crippen molar-refractivity contribution in [1.82, 2.24) is 0 Å². The molecule has 1 saturated carbocycles. The fourth-order valence-electron chi connectivity index (χ4n) is 2.01. The van der Waals surface area contributed by atoms with Gasteiger partial charge in [-0.05, 0) is 18.8 Å². The normalized spacial score (nSPS) is 32.9. The second-order valence-corrected chi connectivity index (χ2v) is 3.55. The number of hydrogen-bond donors (Lipinski definition) is 1. The van der Waals surface area contributed by atoms with Gasteiger partial charge in [0, 0.05) is 0 Å². The fourth-order valence-corrected chi connectivity index (χ4v) is 2.01. The highest BCUT2D eigenvalue weighted by molar-refractivity contribution is 5.81. The molecule has 1 rings (SSSR count). The molecule has 74 valence electrons. The molecule has 0 aliphatic heterocycles. The molecule has 13 heavy (non-hydrogen) atoms. The second-order valence-electron chi connectivity index (χ2n) is 3.55. The van der Waals surface area contributed by atoms with Crippen LogP contribution < -0.4 is 0 Å². The molecule has 1 N–H and O–H groups in total. The molecule has 4 nitrogen and oxygen atoms in total. The van der Waals surface area contributed by atoms with E-state index in [0.717, 1.165) is 6.42 Å². The summed E-state index contributed by atoms with van der Waals surface area (Å²) in [5.74, 6) is -2.17. The average Bonchev–Trinajstić information content (AvgIpc) is 2.46. The molecular formula is C9H14O4. The Hall–Kier alpha value is -1.06. The molecule has 1 aliphatic carbocycles. The standard InChI is InChI=1S/C9H14O4/c1-5-3-4-6(8(10)11)7(5)9(12)13-2/h5-7H,3-4H2,1-2H3,(H,10,11). The van der Waals surface area contributed by atoms with Crippen LogP contribution in [0, 0.1) is 17.8 Å². The fraction of sp³-hybridized carbons (Fsp3) is 0.778. The van der Waals surface area contributed by atoms with Gasteiger partial charge in [-0.2, -0.15) is 0 Å². The molecule has 0 aromatic heterocycles. The Bertz CT molecular complexity index is 224. The van der Waals surface area contributed by atoms with E-state index in [1.165, 1.54) is 7.11 Å². The summed E-state index contributed by atoms with van der Waals surface area (Å²) < 4.78 is 4.58. The lowest BCUT2D eigenvalue weighted by atomic mass is 9.91. The van der Waals surface area contributed by atoms with Gasteiger partial charge in [-0.3, -0.25) is 9.59 Å². The maximum absolute atomic E-state index is 11.3. The number of methoxy groups -OCH3 is 1. The highest BCUT2D eigenvalue weighted by Crippen LogP contribution is 2.37. The summed E-state index contributed by atoms with van der Waals surface area (Å²) >= 11 is 0. The van der Waals surface area contributed by atoms with E-state index in [9.17, 15) is 9.59 Å². The first-order valence-electron chi connectivity index (χ1n) is 4.38. The summed E-state index contributed by atoms with van der Waals surface area (Å²) in [4.78, 5) is 22.0. The summed E-state index contributed by atoms with van der Waals surface area (Å²) in [6.07, 6.45) is 1.37. The van der Waals surface area contributed by atoms with Crippen LogP contribution in [0.4, 0.5) is 0 Å². The summed E-state index contributed by atoms with van der Waals surface area (Å²) in [7, 11) is 1.30. The highest BCUT2D eigenvalue weighted by atomic mass is 16.5. The van der Waals surface area contributed by atoms with E-state index in [-0.39, 0.29) is 5.92 Å². The maximum atomic E-state index is 11.3. The van der Waals surface area contributed by atoms with Gasteiger partial charge in [-0.15, -0.1) is 0 Å². The number of esters is 1. The van der Waals surface area contributed by atoms with Gasteiger partial charge in [-0.25, -0.2) is 0 Å². The lowest BCUT2D eigenvalue weighted by Crippen LogP contribution is -2.29. The Kier molecular flexibility index (Phi) is 2.90. The largest absolute Gasteiger partial charge is 0.481 e. The molecule has 3 atom stereocenters. The van der Waals surface area contributed by atoms with Crippen LogP contribution in [-0.4, -0.2) is 24.2 Å². The zero-order chi connectivity index (χ0) is 10.0. The van der Waals surface area contributed by atoms with Gasteiger partial charge in [0.15, 0.2) is 0 Å². The quantitative estimate of drug-likeness (QED) is 0.651. The molecule has 4 heteroatoms. The molecule has 0 amide bonds. The molecule has 0 aromatic rings. The molecule has 3 unspecified atom stereocenters. The Morgan fingerprint density at radius 2 is 2.00 bits per heavy atom. The number of carbonyl (C=O) groups excluding carboxylic acids is 1. The van der Waals surface area contributed by atoms with Crippen LogP contribution in [0.15, 0.2) is 0 Å². The van der Waals surface area contributed by atoms with E-state index in [4.69, 9.17) is 5.11 Å². The monoisotopic (exact) mass is 186 g/mol. The zero-order valence-corrected chi connectivity index (χ0v) is 7.82. The van der Waals surface area contributed by atoms with E-state index in [1.54, 1.807) is 0 Å². The molecule has 1 fully saturated rings. The van der Waals surface area contributed by atoms with Crippen molar-refractivity contribution in [1.29, 1.82) is 0 Å². The maximum Gasteiger partial charge on any atom is 0.309 e. The topological polar surface area (TPSA) is 63.6 Å². The first kappa shape index (κ1) is 10.0. The lowest BCUT2D eigenvalue weighted by Gasteiger charge is -2.16. The second kappa shape index (κ2) is 3.77. The minimum atomic E-state index is -0.889. The van der Waals surface area contributed by atoms with Gasteiger partial charge >= 0.3 is 11.9 Å². The van der Waals surface area contributed by atoms with E-state index < -0.39 is 23.8 Å². The summed E-state index contributed by atoms with van der Waals surface area (Å²) in [6, 6.07) is 0. The third kappa shape index (κ3) is 1.82. The Balaban J connectivity index is 2.76. The average molecular weight is 186 g/mol. The van der Waals surface area contributed by atoms with Crippen LogP contribution in [0.5, 0.6) is 0 Å². The van der Waals surface area contributed by atoms with Crippen molar-refractivity contribution in [3.05, 3.63) is 0 Å². The van der Waals surface area contributed by atoms with Crippen molar-refractivity contribution < 1.29 is 19.4 Å². The predicted molar refractivity (Wildman–Crippen MR) is 45.0 cm³/mol. The van der Waals surface area contributed by atoms with Crippen molar-refractivity contribution in [2.75, 3.05) is 7.11 Å². The number of rotatable bonds is 2. The summed E-state index contributed by atoms with van der Waals surface area (Å²) in [6.45, 7) is 1.89. The Morgan fingerprint density at radius 3 is 2.46 bits per heavy atom. The number of ether oxygens (including phenoxy) is 1. The zero-order valence-electron chi connectivity index (χ0n) is 7.82. The third-order valence-electron chi connectivity index (χ3n) is 2.77. The molecule has 0 aromatic carbocycles. The smallest absolute Gasteiger partial charge is 0.309 e. The molecule has 0 bridgehead atoms. The van der Waals surface area contributed by atoms with Crippen molar-refractivity contribution in [3.8, 4) is 0 Å². The predicted octanol–water partition coefficient (Wildman–Crippen LogP) is 0.906. The number of carboxylic acid groups (broad SMARTS) is 1. The molecule has 0 heterocycles. The molecule has 0 radical (unpaired) electrons. The first-order valence-corrected chi connectivity index (χ1v) is 4.38. The van der Waals surface area contributed by atoms with Crippen LogP contribution in [0.1, 0.15) is 19.8 Å². The van der Waals surface area contributed by atoms with Crippen LogP contribution >= 0.6 is 0 Å². The lowest BCUT2D eigenvalue weighted by molar-refractivity contribution is -0.155. The SMILES string of the molecule is COC(=O)C1C(C)CCC1C(=O)O. The molecule has 0 spiro atoms. The van der Waals surface area contributed by atoms with Gasteiger partial charge in [0.2, 0.25) is 0 Å². The summed E-state index contributed by atoms with van der Waals surface area (Å²) in [5, 5.41) is 8.84. The number of carbonyl (C=O) groups is 2. The minimum Gasteiger partial charge on any atom is -0.481 e. The molecular weight excluding hydrogens is 172 g/mol. The highest BCUT2D eigenvalue weighted by Gasteiger charge is 2.43. The van der Waals surface area contributed by atoms with Crippen molar-refractivity contribution in [3.63, 3.8) is 0 Å². The molecule has 1 aliphatic rings. The van der Waals surface area contributed by atoms with Gasteiger partial charge < -0.3 is 9.84 Å². The van der Waals surface area contributed by atoms with E-state index in [1.807, 2.05) is 6.92 Å². The number of hydrogen-bond acceptors (Lipinski definition) is 3. The van der Waals surface area contributed by atoms with Crippen LogP contribution in [0.25, 0.3) is 0 Å². The van der Waals surface area contributed by atoms with E-state index in [2.05, 4.69) is 4.74 Å². The summed E-state index contributed by atoms with van der Waals surface area (Å²) in [5.41, 5.74) is 0. The van der Waals surface area contributed by atoms with Gasteiger partial charge in [-0.1, -0.05) is 6.92 Å². The Labute approximate surface area is 76.9 Å². The first-order chi connectivity index (χ1) is 6.07. The van der Waals surface area contributed by atoms with Gasteiger partial charge in [0.25, 0.3) is 0 Å². The number of carboxylic acids is 1. The van der Waals surface area contributed by atoms with Crippen LogP contribution in [0.3, 0.4) is 0 Å².